The van der Waals surface area contributed by atoms with E-state index in [2.05, 4.69) is 20.5 Å². The lowest BCUT2D eigenvalue weighted by atomic mass is 10.1. The maximum Gasteiger partial charge on any atom is 0.416 e. The molecule has 4 N–H and O–H groups in total. The molecule has 1 unspecified atom stereocenters. The van der Waals surface area contributed by atoms with Gasteiger partial charge in [-0.05, 0) is 63.5 Å². The molecule has 7 nitrogen and oxygen atoms in total. The molecule has 2 amide bonds. The monoisotopic (exact) mass is 529 g/mol. The standard InChI is InChI=1S/C20H27N5O2.C8H7F3/c21-16-8-10-25(14-16)9-4-3-7-19(26)23-13-20(27)24-17-11-15-5-1-2-6-18(15)22-12-17;1-6-2-4-7(5-3-6)8(9,10)11/h1-2,5-6,11-12,16H,3-4,7-10,13-14,21H2,(H,23,26)(H,24,27);2-5H,1H3. The number of amides is 2. The largest absolute Gasteiger partial charge is 0.416 e. The third kappa shape index (κ3) is 9.75. The third-order valence-electron chi connectivity index (χ3n) is 6.14. The van der Waals surface area contributed by atoms with E-state index >= 15 is 0 Å². The molecule has 4 rings (SSSR count). The number of hydrogen-bond acceptors (Lipinski definition) is 5. The predicted octanol–water partition coefficient (Wildman–Crippen LogP) is 4.51. The molecule has 0 bridgehead atoms. The fourth-order valence-corrected chi connectivity index (χ4v) is 4.04. The van der Waals surface area contributed by atoms with E-state index < -0.39 is 11.7 Å². The number of carbonyl (C=O) groups excluding carboxylic acids is 2. The van der Waals surface area contributed by atoms with Crippen LogP contribution in [0.4, 0.5) is 18.9 Å². The minimum absolute atomic E-state index is 0.0351. The highest BCUT2D eigenvalue weighted by Gasteiger charge is 2.29. The van der Waals surface area contributed by atoms with E-state index in [1.807, 2.05) is 30.3 Å². The van der Waals surface area contributed by atoms with E-state index in [0.29, 0.717) is 18.2 Å². The van der Waals surface area contributed by atoms with Gasteiger partial charge in [-0.2, -0.15) is 13.2 Å². The molecule has 2 heterocycles. The molecule has 0 saturated carbocycles. The van der Waals surface area contributed by atoms with Crippen LogP contribution < -0.4 is 16.4 Å². The van der Waals surface area contributed by atoms with E-state index in [4.69, 9.17) is 5.73 Å². The zero-order chi connectivity index (χ0) is 27.5. The van der Waals surface area contributed by atoms with Crippen LogP contribution in [0.5, 0.6) is 0 Å². The van der Waals surface area contributed by atoms with Gasteiger partial charge in [-0.1, -0.05) is 35.9 Å². The zero-order valence-electron chi connectivity index (χ0n) is 21.4. The number of hydrogen-bond donors (Lipinski definition) is 3. The molecule has 38 heavy (non-hydrogen) atoms. The predicted molar refractivity (Wildman–Crippen MR) is 142 cm³/mol. The van der Waals surface area contributed by atoms with Crippen molar-refractivity contribution < 1.29 is 22.8 Å². The van der Waals surface area contributed by atoms with Crippen LogP contribution in [0.3, 0.4) is 0 Å². The van der Waals surface area contributed by atoms with Crippen LogP contribution >= 0.6 is 0 Å². The van der Waals surface area contributed by atoms with Crippen LogP contribution in [-0.2, 0) is 15.8 Å². The van der Waals surface area contributed by atoms with Gasteiger partial charge in [-0.3, -0.25) is 14.6 Å². The van der Waals surface area contributed by atoms with Gasteiger partial charge in [0.05, 0.1) is 29.5 Å². The number of nitrogens with zero attached hydrogens (tertiary/aromatic N) is 2. The Bertz CT molecular complexity index is 1200. The molecule has 2 aromatic carbocycles. The Labute approximate surface area is 220 Å². The van der Waals surface area contributed by atoms with Gasteiger partial charge in [0.1, 0.15) is 0 Å². The quantitative estimate of drug-likeness (QED) is 0.373. The van der Waals surface area contributed by atoms with Crippen molar-refractivity contribution in [3.63, 3.8) is 0 Å². The molecule has 1 aliphatic rings. The summed E-state index contributed by atoms with van der Waals surface area (Å²) in [5, 5.41) is 6.39. The first-order valence-electron chi connectivity index (χ1n) is 12.6. The number of nitrogens with one attached hydrogen (secondary N) is 2. The summed E-state index contributed by atoms with van der Waals surface area (Å²) in [6, 6.07) is 14.9. The molecule has 1 aliphatic heterocycles. The average Bonchev–Trinajstić information content (AvgIpc) is 3.30. The number of halogens is 3. The highest BCUT2D eigenvalue weighted by atomic mass is 19.4. The summed E-state index contributed by atoms with van der Waals surface area (Å²) >= 11 is 0. The fourth-order valence-electron chi connectivity index (χ4n) is 4.04. The van der Waals surface area contributed by atoms with Crippen molar-refractivity contribution in [1.82, 2.24) is 15.2 Å². The minimum atomic E-state index is -4.21. The molecule has 3 aromatic rings. The zero-order valence-corrected chi connectivity index (χ0v) is 21.4. The molecular weight excluding hydrogens is 495 g/mol. The minimum Gasteiger partial charge on any atom is -0.347 e. The Balaban J connectivity index is 0.000000304. The first kappa shape index (κ1) is 29.1. The Morgan fingerprint density at radius 3 is 2.50 bits per heavy atom. The van der Waals surface area contributed by atoms with Gasteiger partial charge in [0.25, 0.3) is 0 Å². The van der Waals surface area contributed by atoms with Gasteiger partial charge in [-0.25, -0.2) is 0 Å². The number of carbonyl (C=O) groups is 2. The van der Waals surface area contributed by atoms with E-state index in [9.17, 15) is 22.8 Å². The van der Waals surface area contributed by atoms with Crippen molar-refractivity contribution >= 4 is 28.4 Å². The van der Waals surface area contributed by atoms with Gasteiger partial charge in [0.15, 0.2) is 0 Å². The summed E-state index contributed by atoms with van der Waals surface area (Å²) in [5.74, 6) is -0.355. The van der Waals surface area contributed by atoms with E-state index in [0.717, 1.165) is 67.5 Å². The normalized spacial score (nSPS) is 15.6. The summed E-state index contributed by atoms with van der Waals surface area (Å²) < 4.78 is 35.8. The number of aryl methyl sites for hydroxylation is 1. The van der Waals surface area contributed by atoms with Crippen molar-refractivity contribution in [2.75, 3.05) is 31.5 Å². The maximum absolute atomic E-state index is 12.0. The van der Waals surface area contributed by atoms with E-state index in [1.54, 1.807) is 13.1 Å². The molecule has 1 saturated heterocycles. The maximum atomic E-state index is 12.0. The van der Waals surface area contributed by atoms with Crippen LogP contribution in [0, 0.1) is 6.92 Å². The number of alkyl halides is 3. The second kappa shape index (κ2) is 13.9. The number of unbranched alkanes of at least 4 members (excludes halogenated alkanes) is 1. The summed E-state index contributed by atoms with van der Waals surface area (Å²) in [4.78, 5) is 30.5. The van der Waals surface area contributed by atoms with Crippen molar-refractivity contribution in [1.29, 1.82) is 0 Å². The van der Waals surface area contributed by atoms with Crippen molar-refractivity contribution in [3.8, 4) is 0 Å². The van der Waals surface area contributed by atoms with Gasteiger partial charge in [0.2, 0.25) is 11.8 Å². The van der Waals surface area contributed by atoms with Crippen molar-refractivity contribution in [2.24, 2.45) is 5.73 Å². The fraction of sp³-hybridized carbons (Fsp3) is 0.393. The second-order valence-electron chi connectivity index (χ2n) is 9.41. The van der Waals surface area contributed by atoms with Gasteiger partial charge >= 0.3 is 6.18 Å². The highest BCUT2D eigenvalue weighted by molar-refractivity contribution is 5.96. The Kier molecular flexibility index (Phi) is 10.6. The number of rotatable bonds is 8. The number of aromatic nitrogens is 1. The lowest BCUT2D eigenvalue weighted by Crippen LogP contribution is -2.33. The van der Waals surface area contributed by atoms with Crippen LogP contribution in [0.2, 0.25) is 0 Å². The van der Waals surface area contributed by atoms with Crippen LogP contribution in [-0.4, -0.2) is 53.9 Å². The molecular formula is C28H34F3N5O2. The number of fused-ring (bicyclic) bond motifs is 1. The summed E-state index contributed by atoms with van der Waals surface area (Å²) in [6.07, 6.45) is 0.677. The number of anilines is 1. The molecule has 204 valence electrons. The lowest BCUT2D eigenvalue weighted by Gasteiger charge is -2.14. The first-order chi connectivity index (χ1) is 18.1. The molecule has 10 heteroatoms. The van der Waals surface area contributed by atoms with Crippen LogP contribution in [0.25, 0.3) is 10.9 Å². The Morgan fingerprint density at radius 1 is 1.08 bits per heavy atom. The average molecular weight is 530 g/mol. The first-order valence-corrected chi connectivity index (χ1v) is 12.6. The van der Waals surface area contributed by atoms with E-state index in [-0.39, 0.29) is 18.4 Å². The Hall–Kier alpha value is -3.50. The Morgan fingerprint density at radius 2 is 1.82 bits per heavy atom. The topological polar surface area (TPSA) is 100 Å². The van der Waals surface area contributed by atoms with Crippen molar-refractivity contribution in [2.45, 2.75) is 44.8 Å². The number of likely N-dealkylation sites (tertiary alicyclic amines) is 1. The molecule has 0 spiro atoms. The van der Waals surface area contributed by atoms with Gasteiger partial charge < -0.3 is 21.3 Å². The molecule has 0 radical (unpaired) electrons. The molecule has 1 aromatic heterocycles. The van der Waals surface area contributed by atoms with Gasteiger partial charge in [-0.15, -0.1) is 0 Å². The summed E-state index contributed by atoms with van der Waals surface area (Å²) in [5.41, 5.74) is 7.61. The number of benzene rings is 2. The molecule has 0 aliphatic carbocycles. The molecule has 1 fully saturated rings. The molecule has 1 atom stereocenters. The van der Waals surface area contributed by atoms with Crippen LogP contribution in [0.1, 0.15) is 36.8 Å². The number of pyridine rings is 1. The van der Waals surface area contributed by atoms with Crippen molar-refractivity contribution in [3.05, 3.63) is 71.9 Å². The van der Waals surface area contributed by atoms with E-state index in [1.165, 1.54) is 12.1 Å². The SMILES string of the molecule is Cc1ccc(C(F)(F)F)cc1.NC1CCN(CCCCC(=O)NCC(=O)Nc2cnc3ccccc3c2)C1. The smallest absolute Gasteiger partial charge is 0.347 e. The summed E-state index contributed by atoms with van der Waals surface area (Å²) in [6.45, 7) is 4.70. The third-order valence-corrected chi connectivity index (χ3v) is 6.14. The summed E-state index contributed by atoms with van der Waals surface area (Å²) in [7, 11) is 0. The van der Waals surface area contributed by atoms with Gasteiger partial charge in [0, 0.05) is 24.4 Å². The van der Waals surface area contributed by atoms with Crippen LogP contribution in [0.15, 0.2) is 60.8 Å². The highest BCUT2D eigenvalue weighted by Crippen LogP contribution is 2.28. The number of nitrogens with two attached hydrogens (primary N) is 1. The lowest BCUT2D eigenvalue weighted by molar-refractivity contribution is -0.137. The second-order valence-corrected chi connectivity index (χ2v) is 9.41. The number of para-hydroxylation sites is 1.